The van der Waals surface area contributed by atoms with E-state index in [9.17, 15) is 14.7 Å². The van der Waals surface area contributed by atoms with Crippen LogP contribution in [0.5, 0.6) is 5.75 Å². The molecule has 0 fully saturated rings. The number of carbonyl (C=O) groups is 2. The topological polar surface area (TPSA) is 57.6 Å². The number of anilines is 1. The number of nitrogens with zero attached hydrogens (tertiary/aromatic N) is 1. The van der Waals surface area contributed by atoms with Crippen molar-refractivity contribution in [1.82, 2.24) is 0 Å². The molecule has 0 aromatic heterocycles. The summed E-state index contributed by atoms with van der Waals surface area (Å²) in [5.41, 5.74) is 4.83. The highest BCUT2D eigenvalue weighted by Crippen LogP contribution is 2.41. The van der Waals surface area contributed by atoms with E-state index in [0.717, 1.165) is 16.7 Å². The maximum atomic E-state index is 13.6. The van der Waals surface area contributed by atoms with E-state index in [1.807, 2.05) is 57.2 Å². The highest BCUT2D eigenvalue weighted by molar-refractivity contribution is 6.19. The molecule has 1 heterocycles. The van der Waals surface area contributed by atoms with Crippen LogP contribution in [0.25, 0.3) is 0 Å². The summed E-state index contributed by atoms with van der Waals surface area (Å²) in [5, 5.41) is 10.4. The number of amides is 1. The van der Waals surface area contributed by atoms with Gasteiger partial charge in [0, 0.05) is 11.3 Å². The number of hydrogen-bond donors (Lipinski definition) is 1. The molecule has 1 amide bonds. The third-order valence-corrected chi connectivity index (χ3v) is 5.48. The zero-order chi connectivity index (χ0) is 20.0. The quantitative estimate of drug-likeness (QED) is 0.666. The van der Waals surface area contributed by atoms with E-state index < -0.39 is 6.04 Å². The number of phenols is 1. The largest absolute Gasteiger partial charge is 0.507 e. The highest BCUT2D eigenvalue weighted by Gasteiger charge is 2.43. The molecule has 28 heavy (non-hydrogen) atoms. The molecule has 0 saturated carbocycles. The lowest BCUT2D eigenvalue weighted by molar-refractivity contribution is 0.0914. The summed E-state index contributed by atoms with van der Waals surface area (Å²) in [5.74, 6) is -0.547. The fourth-order valence-electron chi connectivity index (χ4n) is 3.80. The average Bonchev–Trinajstić information content (AvgIpc) is 2.98. The molecular formula is C24H21NO3. The van der Waals surface area contributed by atoms with Crippen LogP contribution < -0.4 is 4.90 Å². The van der Waals surface area contributed by atoms with Crippen molar-refractivity contribution in [2.24, 2.45) is 0 Å². The van der Waals surface area contributed by atoms with Crippen LogP contribution in [0, 0.1) is 20.8 Å². The normalized spacial score (nSPS) is 15.6. The number of carbonyl (C=O) groups excluding carboxylic acids is 2. The SMILES string of the molecule is Cc1ccc(N2C(=O)c3ccccc3[C@H]2C(=O)c2c(O)ccc(C)c2C)cc1. The first-order chi connectivity index (χ1) is 13.4. The molecule has 0 radical (unpaired) electrons. The molecular weight excluding hydrogens is 350 g/mol. The Morgan fingerprint density at radius 2 is 1.61 bits per heavy atom. The Labute approximate surface area is 164 Å². The van der Waals surface area contributed by atoms with E-state index in [0.29, 0.717) is 16.8 Å². The molecule has 0 spiro atoms. The molecule has 3 aromatic carbocycles. The van der Waals surface area contributed by atoms with Crippen LogP contribution in [0.2, 0.25) is 0 Å². The van der Waals surface area contributed by atoms with Gasteiger partial charge in [-0.3, -0.25) is 14.5 Å². The van der Waals surface area contributed by atoms with Gasteiger partial charge in [-0.15, -0.1) is 0 Å². The minimum atomic E-state index is -0.808. The monoisotopic (exact) mass is 371 g/mol. The first-order valence-corrected chi connectivity index (χ1v) is 9.22. The van der Waals surface area contributed by atoms with E-state index in [2.05, 4.69) is 0 Å². The van der Waals surface area contributed by atoms with Crippen LogP contribution >= 0.6 is 0 Å². The summed E-state index contributed by atoms with van der Waals surface area (Å²) in [7, 11) is 0. The Hall–Kier alpha value is -3.40. The lowest BCUT2D eigenvalue weighted by atomic mass is 9.91. The van der Waals surface area contributed by atoms with Crippen LogP contribution in [-0.4, -0.2) is 16.8 Å². The Bertz CT molecular complexity index is 1100. The number of fused-ring (bicyclic) bond motifs is 1. The summed E-state index contributed by atoms with van der Waals surface area (Å²) in [6, 6.07) is 17.2. The lowest BCUT2D eigenvalue weighted by Gasteiger charge is -2.25. The third kappa shape index (κ3) is 2.69. The molecule has 4 nitrogen and oxygen atoms in total. The fourth-order valence-corrected chi connectivity index (χ4v) is 3.80. The van der Waals surface area contributed by atoms with Crippen molar-refractivity contribution in [3.05, 3.63) is 94.0 Å². The van der Waals surface area contributed by atoms with E-state index in [1.54, 1.807) is 18.2 Å². The molecule has 0 aliphatic carbocycles. The molecule has 4 rings (SSSR count). The van der Waals surface area contributed by atoms with Gasteiger partial charge in [-0.1, -0.05) is 42.0 Å². The van der Waals surface area contributed by atoms with Gasteiger partial charge in [-0.05, 0) is 61.7 Å². The van der Waals surface area contributed by atoms with Gasteiger partial charge in [0.25, 0.3) is 5.91 Å². The van der Waals surface area contributed by atoms with Gasteiger partial charge in [0.15, 0.2) is 5.78 Å². The number of benzene rings is 3. The van der Waals surface area contributed by atoms with Crippen molar-refractivity contribution >= 4 is 17.4 Å². The number of aryl methyl sites for hydroxylation is 2. The fraction of sp³-hybridized carbons (Fsp3) is 0.167. The summed E-state index contributed by atoms with van der Waals surface area (Å²) in [6.45, 7) is 5.69. The van der Waals surface area contributed by atoms with Crippen molar-refractivity contribution in [2.45, 2.75) is 26.8 Å². The smallest absolute Gasteiger partial charge is 0.259 e. The molecule has 4 heteroatoms. The first kappa shape index (κ1) is 18.0. The Kier molecular flexibility index (Phi) is 4.27. The van der Waals surface area contributed by atoms with Crippen molar-refractivity contribution in [3.8, 4) is 5.75 Å². The lowest BCUT2D eigenvalue weighted by Crippen LogP contribution is -2.33. The number of hydrogen-bond acceptors (Lipinski definition) is 3. The first-order valence-electron chi connectivity index (χ1n) is 9.22. The summed E-state index contributed by atoms with van der Waals surface area (Å²) >= 11 is 0. The molecule has 1 N–H and O–H groups in total. The maximum Gasteiger partial charge on any atom is 0.259 e. The minimum Gasteiger partial charge on any atom is -0.507 e. The van der Waals surface area contributed by atoms with Gasteiger partial charge in [0.1, 0.15) is 11.8 Å². The molecule has 0 bridgehead atoms. The standard InChI is InChI=1S/C24H21NO3/c1-14-8-11-17(12-9-14)25-22(18-6-4-5-7-19(18)24(25)28)23(27)21-16(3)15(2)10-13-20(21)26/h4-13,22,26H,1-3H3/t22-/m0/s1. The van der Waals surface area contributed by atoms with Crippen LogP contribution in [0.4, 0.5) is 5.69 Å². The van der Waals surface area contributed by atoms with Gasteiger partial charge in [-0.2, -0.15) is 0 Å². The third-order valence-electron chi connectivity index (χ3n) is 5.48. The number of ketones is 1. The molecule has 0 saturated heterocycles. The van der Waals surface area contributed by atoms with Crippen LogP contribution in [-0.2, 0) is 0 Å². The number of Topliss-reactive ketones (excluding diaryl/α,β-unsaturated/α-hetero) is 1. The molecule has 140 valence electrons. The van der Waals surface area contributed by atoms with E-state index in [1.165, 1.54) is 11.0 Å². The average molecular weight is 371 g/mol. The molecule has 1 atom stereocenters. The van der Waals surface area contributed by atoms with Crippen molar-refractivity contribution in [2.75, 3.05) is 4.90 Å². The van der Waals surface area contributed by atoms with Gasteiger partial charge in [-0.25, -0.2) is 0 Å². The Morgan fingerprint density at radius 3 is 2.32 bits per heavy atom. The summed E-state index contributed by atoms with van der Waals surface area (Å²) in [6.07, 6.45) is 0. The second kappa shape index (κ2) is 6.64. The highest BCUT2D eigenvalue weighted by atomic mass is 16.3. The number of rotatable bonds is 3. The van der Waals surface area contributed by atoms with Gasteiger partial charge >= 0.3 is 0 Å². The minimum absolute atomic E-state index is 0.0613. The molecule has 1 aliphatic heterocycles. The zero-order valence-corrected chi connectivity index (χ0v) is 16.1. The molecule has 1 aliphatic rings. The Balaban J connectivity index is 1.91. The van der Waals surface area contributed by atoms with Gasteiger partial charge in [0.05, 0.1) is 5.56 Å². The predicted octanol–water partition coefficient (Wildman–Crippen LogP) is 4.90. The van der Waals surface area contributed by atoms with Crippen molar-refractivity contribution < 1.29 is 14.7 Å². The van der Waals surface area contributed by atoms with E-state index in [-0.39, 0.29) is 23.0 Å². The second-order valence-electron chi connectivity index (χ2n) is 7.27. The summed E-state index contributed by atoms with van der Waals surface area (Å²) in [4.78, 5) is 28.4. The van der Waals surface area contributed by atoms with Crippen LogP contribution in [0.15, 0.2) is 60.7 Å². The van der Waals surface area contributed by atoms with Gasteiger partial charge < -0.3 is 5.11 Å². The number of phenolic OH excluding ortho intramolecular Hbond substituents is 1. The van der Waals surface area contributed by atoms with Crippen molar-refractivity contribution in [1.29, 1.82) is 0 Å². The zero-order valence-electron chi connectivity index (χ0n) is 16.1. The molecule has 3 aromatic rings. The Morgan fingerprint density at radius 1 is 0.929 bits per heavy atom. The van der Waals surface area contributed by atoms with Crippen molar-refractivity contribution in [3.63, 3.8) is 0 Å². The van der Waals surface area contributed by atoms with Crippen LogP contribution in [0.1, 0.15) is 49.0 Å². The maximum absolute atomic E-state index is 13.6. The number of aromatic hydroxyl groups is 1. The van der Waals surface area contributed by atoms with Gasteiger partial charge in [0.2, 0.25) is 0 Å². The molecule has 0 unspecified atom stereocenters. The van der Waals surface area contributed by atoms with Crippen LogP contribution in [0.3, 0.4) is 0 Å². The van der Waals surface area contributed by atoms with E-state index >= 15 is 0 Å². The predicted molar refractivity (Wildman–Crippen MR) is 109 cm³/mol. The second-order valence-corrected chi connectivity index (χ2v) is 7.27. The van der Waals surface area contributed by atoms with E-state index in [4.69, 9.17) is 0 Å². The summed E-state index contributed by atoms with van der Waals surface area (Å²) < 4.78 is 0.